The summed E-state index contributed by atoms with van der Waals surface area (Å²) in [6, 6.07) is 6.53. The normalized spacial score (nSPS) is 9.74. The van der Waals surface area contributed by atoms with Crippen molar-refractivity contribution < 1.29 is 19.5 Å². The number of nitrogens with one attached hydrogen (secondary N) is 2. The van der Waals surface area contributed by atoms with Crippen molar-refractivity contribution in [1.29, 1.82) is 0 Å². The zero-order chi connectivity index (χ0) is 14.3. The highest BCUT2D eigenvalue weighted by Crippen LogP contribution is 2.11. The first kappa shape index (κ1) is 14.7. The van der Waals surface area contributed by atoms with Crippen molar-refractivity contribution in [3.8, 4) is 0 Å². The molecule has 102 valence electrons. The van der Waals surface area contributed by atoms with Gasteiger partial charge in [-0.1, -0.05) is 6.07 Å². The van der Waals surface area contributed by atoms with E-state index in [9.17, 15) is 14.4 Å². The minimum atomic E-state index is -0.922. The molecule has 0 aliphatic rings. The molecule has 0 aliphatic heterocycles. The number of carbonyl (C=O) groups excluding carboxylic acids is 2. The van der Waals surface area contributed by atoms with Gasteiger partial charge in [0.15, 0.2) is 0 Å². The van der Waals surface area contributed by atoms with Crippen molar-refractivity contribution in [2.75, 3.05) is 12.4 Å². The molecule has 3 N–H and O–H groups in total. The minimum absolute atomic E-state index is 0.0360. The number of hydrogen-bond acceptors (Lipinski definition) is 3. The van der Waals surface area contributed by atoms with E-state index in [2.05, 4.69) is 10.6 Å². The van der Waals surface area contributed by atoms with Crippen LogP contribution in [0.25, 0.3) is 0 Å². The van der Waals surface area contributed by atoms with E-state index in [-0.39, 0.29) is 31.1 Å². The highest BCUT2D eigenvalue weighted by molar-refractivity contribution is 5.97. The fraction of sp³-hybridized carbons (Fsp3) is 0.308. The first-order chi connectivity index (χ1) is 9.02. The van der Waals surface area contributed by atoms with Gasteiger partial charge < -0.3 is 15.7 Å². The summed E-state index contributed by atoms with van der Waals surface area (Å²) in [6.45, 7) is 0. The predicted octanol–water partition coefficient (Wildman–Crippen LogP) is 1.24. The number of hydrogen-bond donors (Lipinski definition) is 3. The zero-order valence-electron chi connectivity index (χ0n) is 10.6. The highest BCUT2D eigenvalue weighted by atomic mass is 16.4. The van der Waals surface area contributed by atoms with Crippen molar-refractivity contribution in [3.05, 3.63) is 29.8 Å². The summed E-state index contributed by atoms with van der Waals surface area (Å²) in [5.74, 6) is -1.42. The van der Waals surface area contributed by atoms with Crippen LogP contribution in [0, 0.1) is 0 Å². The summed E-state index contributed by atoms with van der Waals surface area (Å²) in [5, 5.41) is 13.6. The van der Waals surface area contributed by atoms with E-state index in [0.717, 1.165) is 0 Å². The first-order valence-corrected chi connectivity index (χ1v) is 5.86. The molecule has 1 aromatic carbocycles. The molecule has 1 aromatic rings. The third-order valence-electron chi connectivity index (χ3n) is 2.43. The zero-order valence-corrected chi connectivity index (χ0v) is 10.6. The lowest BCUT2D eigenvalue weighted by Crippen LogP contribution is -2.18. The van der Waals surface area contributed by atoms with Crippen LogP contribution in [0.15, 0.2) is 24.3 Å². The molecule has 0 atom stereocenters. The average Bonchev–Trinajstić information content (AvgIpc) is 2.37. The van der Waals surface area contributed by atoms with Gasteiger partial charge in [-0.2, -0.15) is 0 Å². The summed E-state index contributed by atoms with van der Waals surface area (Å²) in [5.41, 5.74) is 0.965. The third kappa shape index (κ3) is 5.20. The maximum absolute atomic E-state index is 11.5. The second-order valence-electron chi connectivity index (χ2n) is 3.96. The number of carboxylic acid groups (broad SMARTS) is 1. The summed E-state index contributed by atoms with van der Waals surface area (Å²) >= 11 is 0. The van der Waals surface area contributed by atoms with Crippen LogP contribution in [0.3, 0.4) is 0 Å². The van der Waals surface area contributed by atoms with E-state index >= 15 is 0 Å². The van der Waals surface area contributed by atoms with Gasteiger partial charge >= 0.3 is 5.97 Å². The monoisotopic (exact) mass is 264 g/mol. The van der Waals surface area contributed by atoms with E-state index in [1.54, 1.807) is 24.3 Å². The molecule has 2 amide bonds. The molecule has 0 saturated heterocycles. The lowest BCUT2D eigenvalue weighted by Gasteiger charge is -2.06. The lowest BCUT2D eigenvalue weighted by atomic mass is 10.1. The smallest absolute Gasteiger partial charge is 0.303 e. The van der Waals surface area contributed by atoms with Gasteiger partial charge in [0.1, 0.15) is 0 Å². The first-order valence-electron chi connectivity index (χ1n) is 5.86. The van der Waals surface area contributed by atoms with Crippen molar-refractivity contribution in [2.24, 2.45) is 0 Å². The van der Waals surface area contributed by atoms with Crippen LogP contribution in [-0.2, 0) is 9.59 Å². The quantitative estimate of drug-likeness (QED) is 0.720. The number of amides is 2. The molecule has 0 unspecified atom stereocenters. The van der Waals surface area contributed by atoms with Crippen LogP contribution in [0.2, 0.25) is 0 Å². The van der Waals surface area contributed by atoms with Gasteiger partial charge in [-0.15, -0.1) is 0 Å². The molecule has 6 nitrogen and oxygen atoms in total. The maximum atomic E-state index is 11.5. The molecule has 0 saturated carbocycles. The number of benzene rings is 1. The van der Waals surface area contributed by atoms with Crippen molar-refractivity contribution in [1.82, 2.24) is 5.32 Å². The van der Waals surface area contributed by atoms with E-state index < -0.39 is 5.97 Å². The van der Waals surface area contributed by atoms with Crippen LogP contribution in [0.5, 0.6) is 0 Å². The van der Waals surface area contributed by atoms with Gasteiger partial charge in [0.05, 0.1) is 0 Å². The third-order valence-corrected chi connectivity index (χ3v) is 2.43. The molecule has 0 bridgehead atoms. The van der Waals surface area contributed by atoms with Crippen molar-refractivity contribution in [3.63, 3.8) is 0 Å². The fourth-order valence-electron chi connectivity index (χ4n) is 1.51. The Morgan fingerprint density at radius 3 is 2.58 bits per heavy atom. The Balaban J connectivity index is 2.54. The SMILES string of the molecule is CNC(=O)c1cccc(NC(=O)CCCC(=O)O)c1. The highest BCUT2D eigenvalue weighted by Gasteiger charge is 2.07. The number of carboxylic acids is 1. The van der Waals surface area contributed by atoms with Crippen LogP contribution in [0.1, 0.15) is 29.6 Å². The van der Waals surface area contributed by atoms with Gasteiger partial charge in [0.2, 0.25) is 5.91 Å². The van der Waals surface area contributed by atoms with Crippen LogP contribution < -0.4 is 10.6 Å². The van der Waals surface area contributed by atoms with Gasteiger partial charge in [0, 0.05) is 31.1 Å². The van der Waals surface area contributed by atoms with E-state index in [4.69, 9.17) is 5.11 Å². The molecule has 6 heteroatoms. The molecule has 0 aromatic heterocycles. The maximum Gasteiger partial charge on any atom is 0.303 e. The molecule has 0 spiro atoms. The standard InChI is InChI=1S/C13H16N2O4/c1-14-13(19)9-4-2-5-10(8-9)15-11(16)6-3-7-12(17)18/h2,4-5,8H,3,6-7H2,1H3,(H,14,19)(H,15,16)(H,17,18). The predicted molar refractivity (Wildman–Crippen MR) is 69.9 cm³/mol. The Kier molecular flexibility index (Phi) is 5.53. The van der Waals surface area contributed by atoms with E-state index in [1.165, 1.54) is 7.05 Å². The van der Waals surface area contributed by atoms with Gasteiger partial charge in [-0.05, 0) is 24.6 Å². The van der Waals surface area contributed by atoms with Gasteiger partial charge in [-0.3, -0.25) is 14.4 Å². The number of carbonyl (C=O) groups is 3. The Morgan fingerprint density at radius 1 is 1.21 bits per heavy atom. The molecular weight excluding hydrogens is 248 g/mol. The Hall–Kier alpha value is -2.37. The van der Waals surface area contributed by atoms with Crippen LogP contribution in [-0.4, -0.2) is 29.9 Å². The fourth-order valence-corrected chi connectivity index (χ4v) is 1.51. The summed E-state index contributed by atoms with van der Waals surface area (Å²) in [7, 11) is 1.53. The van der Waals surface area contributed by atoms with E-state index in [1.807, 2.05) is 0 Å². The molecular formula is C13H16N2O4. The molecule has 19 heavy (non-hydrogen) atoms. The lowest BCUT2D eigenvalue weighted by molar-refractivity contribution is -0.137. The minimum Gasteiger partial charge on any atom is -0.481 e. The van der Waals surface area contributed by atoms with Gasteiger partial charge in [0.25, 0.3) is 5.91 Å². The second kappa shape index (κ2) is 7.15. The molecule has 0 aliphatic carbocycles. The Bertz CT molecular complexity index is 485. The second-order valence-corrected chi connectivity index (χ2v) is 3.96. The van der Waals surface area contributed by atoms with Gasteiger partial charge in [-0.25, -0.2) is 0 Å². The molecule has 0 heterocycles. The summed E-state index contributed by atoms with van der Waals surface area (Å²) in [6.07, 6.45) is 0.387. The van der Waals surface area contributed by atoms with Crippen LogP contribution >= 0.6 is 0 Å². The Labute approximate surface area is 110 Å². The largest absolute Gasteiger partial charge is 0.481 e. The van der Waals surface area contributed by atoms with Crippen LogP contribution in [0.4, 0.5) is 5.69 Å². The number of aliphatic carboxylic acids is 1. The van der Waals surface area contributed by atoms with Crippen molar-refractivity contribution >= 4 is 23.5 Å². The summed E-state index contributed by atoms with van der Waals surface area (Å²) < 4.78 is 0. The van der Waals surface area contributed by atoms with Crippen molar-refractivity contribution in [2.45, 2.75) is 19.3 Å². The molecule has 0 radical (unpaired) electrons. The number of rotatable bonds is 6. The number of anilines is 1. The van der Waals surface area contributed by atoms with E-state index in [0.29, 0.717) is 11.3 Å². The average molecular weight is 264 g/mol. The summed E-state index contributed by atoms with van der Waals surface area (Å²) in [4.78, 5) is 33.3. The molecule has 1 rings (SSSR count). The molecule has 0 fully saturated rings. The Morgan fingerprint density at radius 2 is 1.95 bits per heavy atom. The topological polar surface area (TPSA) is 95.5 Å².